The standard InChI is InChI=1S/C14H11FN2O2S/c15-12-7-6-9(8-11(12)13(16)20)17-14(18)19-10-4-2-1-3-5-10/h1-8H,(H2,16,20)(H,17,18). The van der Waals surface area contributed by atoms with Crippen molar-refractivity contribution in [2.24, 2.45) is 5.73 Å². The third-order valence-corrected chi connectivity index (χ3v) is 2.65. The van der Waals surface area contributed by atoms with Gasteiger partial charge in [0.15, 0.2) is 0 Å². The number of ether oxygens (including phenoxy) is 1. The number of halogens is 1. The third-order valence-electron chi connectivity index (χ3n) is 2.43. The van der Waals surface area contributed by atoms with Crippen LogP contribution in [0.5, 0.6) is 5.75 Å². The van der Waals surface area contributed by atoms with Crippen LogP contribution in [-0.4, -0.2) is 11.1 Å². The SMILES string of the molecule is NC(=S)c1cc(NC(=O)Oc2ccccc2)ccc1F. The van der Waals surface area contributed by atoms with Gasteiger partial charge in [-0.1, -0.05) is 30.4 Å². The maximum atomic E-state index is 13.4. The molecular weight excluding hydrogens is 279 g/mol. The smallest absolute Gasteiger partial charge is 0.410 e. The molecule has 0 aliphatic heterocycles. The van der Waals surface area contributed by atoms with Crippen molar-refractivity contribution in [1.29, 1.82) is 0 Å². The molecular formula is C14H11FN2O2S. The van der Waals surface area contributed by atoms with Crippen LogP contribution < -0.4 is 15.8 Å². The number of carbonyl (C=O) groups excluding carboxylic acids is 1. The largest absolute Gasteiger partial charge is 0.417 e. The van der Waals surface area contributed by atoms with Gasteiger partial charge in [-0.05, 0) is 30.3 Å². The average molecular weight is 290 g/mol. The molecule has 0 aliphatic rings. The van der Waals surface area contributed by atoms with Gasteiger partial charge in [0, 0.05) is 11.3 Å². The minimum Gasteiger partial charge on any atom is -0.410 e. The highest BCUT2D eigenvalue weighted by atomic mass is 32.1. The summed E-state index contributed by atoms with van der Waals surface area (Å²) in [6.07, 6.45) is -0.684. The van der Waals surface area contributed by atoms with E-state index in [2.05, 4.69) is 5.32 Å². The first-order chi connectivity index (χ1) is 9.56. The molecule has 0 aliphatic carbocycles. The Morgan fingerprint density at radius 1 is 1.20 bits per heavy atom. The van der Waals surface area contributed by atoms with E-state index in [0.29, 0.717) is 11.4 Å². The lowest BCUT2D eigenvalue weighted by Gasteiger charge is -2.08. The molecule has 4 nitrogen and oxygen atoms in total. The molecule has 3 N–H and O–H groups in total. The second-order valence-corrected chi connectivity index (χ2v) is 4.33. The number of benzene rings is 2. The van der Waals surface area contributed by atoms with Gasteiger partial charge in [0.2, 0.25) is 0 Å². The van der Waals surface area contributed by atoms with Crippen molar-refractivity contribution >= 4 is 29.0 Å². The predicted molar refractivity (Wildman–Crippen MR) is 78.4 cm³/mol. The lowest BCUT2D eigenvalue weighted by atomic mass is 10.2. The van der Waals surface area contributed by atoms with Gasteiger partial charge in [-0.15, -0.1) is 0 Å². The van der Waals surface area contributed by atoms with Crippen LogP contribution in [0.15, 0.2) is 48.5 Å². The minimum absolute atomic E-state index is 0.0671. The number of amides is 1. The first kappa shape index (κ1) is 14.0. The molecule has 0 heterocycles. The van der Waals surface area contributed by atoms with E-state index in [0.717, 1.165) is 0 Å². The summed E-state index contributed by atoms with van der Waals surface area (Å²) in [7, 11) is 0. The number of thiocarbonyl (C=S) groups is 1. The quantitative estimate of drug-likeness (QED) is 0.853. The molecule has 2 aromatic carbocycles. The van der Waals surface area contributed by atoms with Crippen LogP contribution in [0, 0.1) is 5.82 Å². The average Bonchev–Trinajstić information content (AvgIpc) is 2.41. The van der Waals surface area contributed by atoms with Crippen molar-refractivity contribution in [3.8, 4) is 5.75 Å². The van der Waals surface area contributed by atoms with E-state index in [-0.39, 0.29) is 10.6 Å². The topological polar surface area (TPSA) is 64.3 Å². The summed E-state index contributed by atoms with van der Waals surface area (Å²) in [6.45, 7) is 0. The van der Waals surface area contributed by atoms with E-state index < -0.39 is 11.9 Å². The number of nitrogens with two attached hydrogens (primary N) is 1. The molecule has 0 radical (unpaired) electrons. The Morgan fingerprint density at radius 2 is 1.90 bits per heavy atom. The highest BCUT2D eigenvalue weighted by Crippen LogP contribution is 2.16. The van der Waals surface area contributed by atoms with Crippen LogP contribution in [0.3, 0.4) is 0 Å². The Labute approximate surface area is 120 Å². The van der Waals surface area contributed by atoms with E-state index in [1.54, 1.807) is 30.3 Å². The number of para-hydroxylation sites is 1. The second-order valence-electron chi connectivity index (χ2n) is 3.89. The summed E-state index contributed by atoms with van der Waals surface area (Å²) < 4.78 is 18.4. The van der Waals surface area contributed by atoms with Crippen LogP contribution in [0.1, 0.15) is 5.56 Å². The summed E-state index contributed by atoms with van der Waals surface area (Å²) in [6, 6.07) is 12.5. The number of nitrogens with one attached hydrogen (secondary N) is 1. The van der Waals surface area contributed by atoms with E-state index >= 15 is 0 Å². The molecule has 0 fully saturated rings. The molecule has 1 amide bonds. The molecule has 0 saturated carbocycles. The minimum atomic E-state index is -0.684. The van der Waals surface area contributed by atoms with Crippen LogP contribution >= 0.6 is 12.2 Å². The number of hydrogen-bond donors (Lipinski definition) is 2. The first-order valence-electron chi connectivity index (χ1n) is 5.69. The molecule has 0 bridgehead atoms. The van der Waals surface area contributed by atoms with Crippen molar-refractivity contribution in [3.63, 3.8) is 0 Å². The molecule has 0 atom stereocenters. The molecule has 0 aromatic heterocycles. The molecule has 0 unspecified atom stereocenters. The van der Waals surface area contributed by atoms with Crippen LogP contribution in [0.25, 0.3) is 0 Å². The molecule has 2 rings (SSSR count). The lowest BCUT2D eigenvalue weighted by Crippen LogP contribution is -2.18. The summed E-state index contributed by atoms with van der Waals surface area (Å²) in [5, 5.41) is 2.47. The summed E-state index contributed by atoms with van der Waals surface area (Å²) in [5.74, 6) is -0.138. The Morgan fingerprint density at radius 3 is 2.55 bits per heavy atom. The van der Waals surface area contributed by atoms with Crippen LogP contribution in [-0.2, 0) is 0 Å². The maximum Gasteiger partial charge on any atom is 0.417 e. The molecule has 2 aromatic rings. The zero-order chi connectivity index (χ0) is 14.5. The summed E-state index contributed by atoms with van der Waals surface area (Å²) >= 11 is 4.72. The van der Waals surface area contributed by atoms with Gasteiger partial charge < -0.3 is 10.5 Å². The van der Waals surface area contributed by atoms with E-state index in [1.165, 1.54) is 18.2 Å². The molecule has 102 valence electrons. The monoisotopic (exact) mass is 290 g/mol. The maximum absolute atomic E-state index is 13.4. The van der Waals surface area contributed by atoms with E-state index in [4.69, 9.17) is 22.7 Å². The highest BCUT2D eigenvalue weighted by molar-refractivity contribution is 7.80. The van der Waals surface area contributed by atoms with Crippen molar-refractivity contribution in [3.05, 3.63) is 59.9 Å². The van der Waals surface area contributed by atoms with Gasteiger partial charge in [-0.2, -0.15) is 0 Å². The van der Waals surface area contributed by atoms with E-state index in [1.807, 2.05) is 0 Å². The zero-order valence-electron chi connectivity index (χ0n) is 10.3. The fraction of sp³-hybridized carbons (Fsp3) is 0. The number of anilines is 1. The molecule has 6 heteroatoms. The Bertz CT molecular complexity index is 647. The summed E-state index contributed by atoms with van der Waals surface area (Å²) in [4.78, 5) is 11.6. The Balaban J connectivity index is 2.08. The van der Waals surface area contributed by atoms with Crippen molar-refractivity contribution < 1.29 is 13.9 Å². The Kier molecular flexibility index (Phi) is 4.27. The van der Waals surface area contributed by atoms with Crippen molar-refractivity contribution in [1.82, 2.24) is 0 Å². The van der Waals surface area contributed by atoms with E-state index in [9.17, 15) is 9.18 Å². The molecule has 0 saturated heterocycles. The van der Waals surface area contributed by atoms with Crippen LogP contribution in [0.2, 0.25) is 0 Å². The lowest BCUT2D eigenvalue weighted by molar-refractivity contribution is 0.215. The molecule has 20 heavy (non-hydrogen) atoms. The Hall–Kier alpha value is -2.47. The van der Waals surface area contributed by atoms with Gasteiger partial charge >= 0.3 is 6.09 Å². The normalized spacial score (nSPS) is 9.85. The second kappa shape index (κ2) is 6.12. The van der Waals surface area contributed by atoms with Crippen LogP contribution in [0.4, 0.5) is 14.9 Å². The van der Waals surface area contributed by atoms with Gasteiger partial charge in [-0.3, -0.25) is 5.32 Å². The van der Waals surface area contributed by atoms with Gasteiger partial charge in [0.25, 0.3) is 0 Å². The van der Waals surface area contributed by atoms with Crippen molar-refractivity contribution in [2.75, 3.05) is 5.32 Å². The van der Waals surface area contributed by atoms with Crippen molar-refractivity contribution in [2.45, 2.75) is 0 Å². The first-order valence-corrected chi connectivity index (χ1v) is 6.10. The van der Waals surface area contributed by atoms with Gasteiger partial charge in [0.05, 0.1) is 0 Å². The van der Waals surface area contributed by atoms with Gasteiger partial charge in [0.1, 0.15) is 16.6 Å². The zero-order valence-corrected chi connectivity index (χ0v) is 11.1. The predicted octanol–water partition coefficient (Wildman–Crippen LogP) is 3.07. The number of hydrogen-bond acceptors (Lipinski definition) is 3. The highest BCUT2D eigenvalue weighted by Gasteiger charge is 2.09. The summed E-state index contributed by atoms with van der Waals surface area (Å²) in [5.41, 5.74) is 5.80. The fourth-order valence-corrected chi connectivity index (χ4v) is 1.69. The number of carbonyl (C=O) groups is 1. The van der Waals surface area contributed by atoms with Gasteiger partial charge in [-0.25, -0.2) is 9.18 Å². The third kappa shape index (κ3) is 3.52. The molecule has 0 spiro atoms. The number of rotatable bonds is 3. The fourth-order valence-electron chi connectivity index (χ4n) is 1.53.